The molecule has 1 aromatic carbocycles. The molecule has 2 aromatic rings. The number of hydrogen-bond acceptors (Lipinski definition) is 4. The van der Waals surface area contributed by atoms with Crippen molar-refractivity contribution in [2.75, 3.05) is 19.0 Å². The van der Waals surface area contributed by atoms with Crippen molar-refractivity contribution < 1.29 is 14.3 Å². The van der Waals surface area contributed by atoms with E-state index in [9.17, 15) is 9.59 Å². The molecule has 28 heavy (non-hydrogen) atoms. The highest BCUT2D eigenvalue weighted by molar-refractivity contribution is 5.97. The first kappa shape index (κ1) is 20.1. The minimum absolute atomic E-state index is 0.111. The Bertz CT molecular complexity index is 886. The molecule has 0 aliphatic carbocycles. The second-order valence-electron chi connectivity index (χ2n) is 7.67. The summed E-state index contributed by atoms with van der Waals surface area (Å²) in [5.74, 6) is -0.422. The Labute approximate surface area is 165 Å². The maximum Gasteiger partial charge on any atom is 0.256 e. The quantitative estimate of drug-likeness (QED) is 0.879. The number of ether oxygens (including phenoxy) is 1. The topological polar surface area (TPSA) is 76.5 Å². The number of likely N-dealkylation sites (N-methyl/N-ethyl adjacent to an activating group) is 1. The third-order valence-electron chi connectivity index (χ3n) is 5.22. The fraction of sp³-hybridized carbons (Fsp3) is 0.476. The molecular weight excluding hydrogens is 356 g/mol. The minimum atomic E-state index is -0.799. The molecule has 0 spiro atoms. The summed E-state index contributed by atoms with van der Waals surface area (Å²) in [7, 11) is 1.71. The zero-order chi connectivity index (χ0) is 20.6. The number of carbonyl (C=O) groups is 2. The van der Waals surface area contributed by atoms with E-state index in [4.69, 9.17) is 4.74 Å². The lowest BCUT2D eigenvalue weighted by Crippen LogP contribution is -2.51. The van der Waals surface area contributed by atoms with Crippen LogP contribution in [0.3, 0.4) is 0 Å². The summed E-state index contributed by atoms with van der Waals surface area (Å²) in [6.45, 7) is 9.78. The van der Waals surface area contributed by atoms with Crippen LogP contribution in [0.4, 0.5) is 5.69 Å². The molecule has 1 aliphatic rings. The number of hydrogen-bond donors (Lipinski definition) is 1. The highest BCUT2D eigenvalue weighted by Gasteiger charge is 2.40. The van der Waals surface area contributed by atoms with Gasteiger partial charge in [-0.1, -0.05) is 29.8 Å². The molecule has 2 amide bonds. The van der Waals surface area contributed by atoms with Crippen molar-refractivity contribution in [1.82, 2.24) is 14.7 Å². The van der Waals surface area contributed by atoms with Gasteiger partial charge in [0.2, 0.25) is 5.91 Å². The van der Waals surface area contributed by atoms with Crippen LogP contribution in [0.5, 0.6) is 0 Å². The van der Waals surface area contributed by atoms with Gasteiger partial charge in [0.15, 0.2) is 6.10 Å². The van der Waals surface area contributed by atoms with Gasteiger partial charge in [0.05, 0.1) is 23.1 Å². The molecule has 0 bridgehead atoms. The number of aromatic nitrogens is 2. The molecule has 1 fully saturated rings. The molecule has 150 valence electrons. The van der Waals surface area contributed by atoms with Crippen molar-refractivity contribution >= 4 is 17.5 Å². The van der Waals surface area contributed by atoms with Gasteiger partial charge in [-0.2, -0.15) is 5.10 Å². The van der Waals surface area contributed by atoms with Crippen molar-refractivity contribution in [1.29, 1.82) is 0 Å². The highest BCUT2D eigenvalue weighted by Crippen LogP contribution is 2.31. The first-order valence-corrected chi connectivity index (χ1v) is 9.51. The van der Waals surface area contributed by atoms with Crippen molar-refractivity contribution in [2.45, 2.75) is 52.8 Å². The summed E-state index contributed by atoms with van der Waals surface area (Å²) in [6, 6.07) is 7.52. The lowest BCUT2D eigenvalue weighted by Gasteiger charge is -2.38. The van der Waals surface area contributed by atoms with E-state index in [1.807, 2.05) is 63.6 Å². The number of rotatable bonds is 4. The van der Waals surface area contributed by atoms with Gasteiger partial charge in [-0.3, -0.25) is 14.3 Å². The van der Waals surface area contributed by atoms with Gasteiger partial charge in [-0.05, 0) is 40.2 Å². The molecule has 0 radical (unpaired) electrons. The van der Waals surface area contributed by atoms with Crippen molar-refractivity contribution in [3.8, 4) is 0 Å². The minimum Gasteiger partial charge on any atom is -0.356 e. The Kier molecular flexibility index (Phi) is 5.56. The van der Waals surface area contributed by atoms with Crippen LogP contribution in [0.15, 0.2) is 24.3 Å². The molecule has 3 rings (SSSR count). The second-order valence-corrected chi connectivity index (χ2v) is 7.67. The summed E-state index contributed by atoms with van der Waals surface area (Å²) in [6.07, 6.45) is -0.799. The van der Waals surface area contributed by atoms with Crippen LogP contribution in [-0.2, 0) is 14.3 Å². The molecule has 0 unspecified atom stereocenters. The monoisotopic (exact) mass is 384 g/mol. The number of nitrogens with one attached hydrogen (secondary N) is 1. The largest absolute Gasteiger partial charge is 0.356 e. The van der Waals surface area contributed by atoms with Gasteiger partial charge in [0, 0.05) is 13.1 Å². The standard InChI is InChI=1S/C21H28N4O3/c1-12(2)25-15(5)18(14(4)23-25)22-21(27)20-19(24(6)17(26)11-28-20)16-9-7-13(3)8-10-16/h7-10,12,19-20H,11H2,1-6H3,(H,22,27)/t19-,20-/m1/s1. The maximum atomic E-state index is 13.1. The third-order valence-corrected chi connectivity index (χ3v) is 5.22. The molecule has 1 saturated heterocycles. The first-order chi connectivity index (χ1) is 13.2. The molecule has 7 nitrogen and oxygen atoms in total. The molecule has 2 heterocycles. The predicted octanol–water partition coefficient (Wildman–Crippen LogP) is 2.93. The second kappa shape index (κ2) is 7.75. The summed E-state index contributed by atoms with van der Waals surface area (Å²) in [4.78, 5) is 26.9. The van der Waals surface area contributed by atoms with Gasteiger partial charge in [0.1, 0.15) is 6.61 Å². The summed E-state index contributed by atoms with van der Waals surface area (Å²) in [5, 5.41) is 7.50. The fourth-order valence-corrected chi connectivity index (χ4v) is 3.63. The Hall–Kier alpha value is -2.67. The van der Waals surface area contributed by atoms with Gasteiger partial charge >= 0.3 is 0 Å². The van der Waals surface area contributed by atoms with Crippen LogP contribution in [0.2, 0.25) is 0 Å². The Morgan fingerprint density at radius 2 is 1.86 bits per heavy atom. The van der Waals surface area contributed by atoms with Gasteiger partial charge in [0.25, 0.3) is 5.91 Å². The lowest BCUT2D eigenvalue weighted by molar-refractivity contribution is -0.160. The molecule has 0 saturated carbocycles. The number of carbonyl (C=O) groups excluding carboxylic acids is 2. The number of nitrogens with zero attached hydrogens (tertiary/aromatic N) is 3. The maximum absolute atomic E-state index is 13.1. The van der Waals surface area contributed by atoms with E-state index in [2.05, 4.69) is 10.4 Å². The van der Waals surface area contributed by atoms with Crippen molar-refractivity contribution in [3.63, 3.8) is 0 Å². The summed E-state index contributed by atoms with van der Waals surface area (Å²) >= 11 is 0. The van der Waals surface area contributed by atoms with E-state index in [1.54, 1.807) is 11.9 Å². The molecule has 2 atom stereocenters. The molecule has 1 aromatic heterocycles. The first-order valence-electron chi connectivity index (χ1n) is 9.51. The van der Waals surface area contributed by atoms with Crippen LogP contribution in [0.25, 0.3) is 0 Å². The normalized spacial score (nSPS) is 20.0. The van der Waals surface area contributed by atoms with E-state index < -0.39 is 12.1 Å². The predicted molar refractivity (Wildman–Crippen MR) is 107 cm³/mol. The number of benzene rings is 1. The molecule has 1 aliphatic heterocycles. The van der Waals surface area contributed by atoms with Crippen LogP contribution >= 0.6 is 0 Å². The average molecular weight is 384 g/mol. The van der Waals surface area contributed by atoms with Crippen LogP contribution in [0.1, 0.15) is 48.4 Å². The van der Waals surface area contributed by atoms with Gasteiger partial charge < -0.3 is 15.0 Å². The molecule has 1 N–H and O–H groups in total. The van der Waals surface area contributed by atoms with Crippen LogP contribution in [0, 0.1) is 20.8 Å². The molecular formula is C21H28N4O3. The Morgan fingerprint density at radius 3 is 2.43 bits per heavy atom. The van der Waals surface area contributed by atoms with Gasteiger partial charge in [-0.25, -0.2) is 0 Å². The zero-order valence-electron chi connectivity index (χ0n) is 17.3. The van der Waals surface area contributed by atoms with Crippen molar-refractivity contribution in [3.05, 3.63) is 46.8 Å². The van der Waals surface area contributed by atoms with E-state index >= 15 is 0 Å². The lowest BCUT2D eigenvalue weighted by atomic mass is 9.96. The molecule has 7 heteroatoms. The fourth-order valence-electron chi connectivity index (χ4n) is 3.63. The summed E-state index contributed by atoms with van der Waals surface area (Å²) in [5.41, 5.74) is 4.33. The average Bonchev–Trinajstić information content (AvgIpc) is 2.93. The van der Waals surface area contributed by atoms with E-state index in [-0.39, 0.29) is 24.5 Å². The van der Waals surface area contributed by atoms with Crippen LogP contribution < -0.4 is 5.32 Å². The smallest absolute Gasteiger partial charge is 0.256 e. The van der Waals surface area contributed by atoms with Crippen LogP contribution in [-0.4, -0.2) is 46.3 Å². The highest BCUT2D eigenvalue weighted by atomic mass is 16.5. The third kappa shape index (κ3) is 3.67. The Balaban J connectivity index is 1.91. The van der Waals surface area contributed by atoms with Crippen molar-refractivity contribution in [2.24, 2.45) is 0 Å². The van der Waals surface area contributed by atoms with E-state index in [1.165, 1.54) is 0 Å². The number of anilines is 1. The number of aryl methyl sites for hydroxylation is 2. The number of amides is 2. The number of morpholine rings is 1. The SMILES string of the molecule is Cc1ccc([C@@H]2[C@H](C(=O)Nc3c(C)nn(C(C)C)c3C)OCC(=O)N2C)cc1. The van der Waals surface area contributed by atoms with Gasteiger partial charge in [-0.15, -0.1) is 0 Å². The van der Waals surface area contributed by atoms with E-state index in [0.717, 1.165) is 22.5 Å². The summed E-state index contributed by atoms with van der Waals surface area (Å²) < 4.78 is 7.58. The Morgan fingerprint density at radius 1 is 1.21 bits per heavy atom. The zero-order valence-corrected chi connectivity index (χ0v) is 17.3. The van der Waals surface area contributed by atoms with E-state index in [0.29, 0.717) is 5.69 Å².